The minimum atomic E-state index is -0.978. The fourth-order valence-electron chi connectivity index (χ4n) is 2.92. The molecule has 1 aromatic carbocycles. The normalized spacial score (nSPS) is 36.9. The Hall–Kier alpha value is -1.36. The molecule has 0 spiro atoms. The minimum absolute atomic E-state index is 0.313. The molecular weight excluding hydrogens is 312 g/mol. The van der Waals surface area contributed by atoms with Crippen LogP contribution in [0.25, 0.3) is 0 Å². The van der Waals surface area contributed by atoms with Gasteiger partial charge in [-0.3, -0.25) is 9.59 Å². The van der Waals surface area contributed by atoms with Gasteiger partial charge < -0.3 is 9.47 Å². The SMILES string of the molecule is CC1C(=O)OC2(c3ccc(Br)cc3)C(C)C(=O)OC12. The maximum atomic E-state index is 11.9. The topological polar surface area (TPSA) is 52.6 Å². The number of halogens is 1. The van der Waals surface area contributed by atoms with Crippen molar-refractivity contribution in [3.63, 3.8) is 0 Å². The Kier molecular flexibility index (Phi) is 2.71. The van der Waals surface area contributed by atoms with Crippen molar-refractivity contribution in [1.82, 2.24) is 0 Å². The number of carbonyl (C=O) groups excluding carboxylic acids is 2. The highest BCUT2D eigenvalue weighted by atomic mass is 79.9. The van der Waals surface area contributed by atoms with E-state index < -0.39 is 23.5 Å². The zero-order valence-electron chi connectivity index (χ0n) is 10.6. The Morgan fingerprint density at radius 2 is 1.74 bits per heavy atom. The zero-order chi connectivity index (χ0) is 13.8. The molecule has 0 amide bonds. The molecule has 0 saturated carbocycles. The summed E-state index contributed by atoms with van der Waals surface area (Å²) in [6.45, 7) is 3.48. The minimum Gasteiger partial charge on any atom is -0.456 e. The van der Waals surface area contributed by atoms with Crippen LogP contribution in [0.5, 0.6) is 0 Å². The van der Waals surface area contributed by atoms with E-state index in [1.54, 1.807) is 13.8 Å². The summed E-state index contributed by atoms with van der Waals surface area (Å²) in [5.41, 5.74) is -0.175. The number of carbonyl (C=O) groups is 2. The molecule has 0 aliphatic carbocycles. The van der Waals surface area contributed by atoms with Gasteiger partial charge in [-0.15, -0.1) is 0 Å². The fourth-order valence-corrected chi connectivity index (χ4v) is 3.19. The number of hydrogen-bond acceptors (Lipinski definition) is 4. The molecule has 19 heavy (non-hydrogen) atoms. The van der Waals surface area contributed by atoms with E-state index in [4.69, 9.17) is 9.47 Å². The number of benzene rings is 1. The smallest absolute Gasteiger partial charge is 0.313 e. The second-order valence-electron chi connectivity index (χ2n) is 5.09. The lowest BCUT2D eigenvalue weighted by Crippen LogP contribution is -2.39. The number of fused-ring (bicyclic) bond motifs is 1. The number of ether oxygens (including phenoxy) is 2. The molecule has 100 valence electrons. The Morgan fingerprint density at radius 3 is 2.37 bits per heavy atom. The van der Waals surface area contributed by atoms with Crippen molar-refractivity contribution < 1.29 is 19.1 Å². The van der Waals surface area contributed by atoms with Crippen molar-refractivity contribution in [2.75, 3.05) is 0 Å². The van der Waals surface area contributed by atoms with E-state index in [1.165, 1.54) is 0 Å². The second-order valence-corrected chi connectivity index (χ2v) is 6.00. The van der Waals surface area contributed by atoms with Crippen LogP contribution in [-0.4, -0.2) is 18.0 Å². The van der Waals surface area contributed by atoms with Crippen LogP contribution in [0.3, 0.4) is 0 Å². The maximum Gasteiger partial charge on any atom is 0.313 e. The van der Waals surface area contributed by atoms with Gasteiger partial charge in [-0.05, 0) is 26.0 Å². The first-order chi connectivity index (χ1) is 8.96. The summed E-state index contributed by atoms with van der Waals surface area (Å²) in [5, 5.41) is 0. The van der Waals surface area contributed by atoms with Crippen LogP contribution in [-0.2, 0) is 24.7 Å². The highest BCUT2D eigenvalue weighted by Crippen LogP contribution is 2.51. The first-order valence-electron chi connectivity index (χ1n) is 6.16. The summed E-state index contributed by atoms with van der Waals surface area (Å²) in [7, 11) is 0. The van der Waals surface area contributed by atoms with E-state index in [-0.39, 0.29) is 11.9 Å². The van der Waals surface area contributed by atoms with Gasteiger partial charge in [-0.25, -0.2) is 0 Å². The van der Waals surface area contributed by atoms with Gasteiger partial charge in [-0.1, -0.05) is 28.1 Å². The lowest BCUT2D eigenvalue weighted by atomic mass is 9.78. The molecule has 1 aromatic rings. The van der Waals surface area contributed by atoms with Gasteiger partial charge in [-0.2, -0.15) is 0 Å². The van der Waals surface area contributed by atoms with Crippen molar-refractivity contribution in [3.8, 4) is 0 Å². The van der Waals surface area contributed by atoms with Crippen molar-refractivity contribution in [3.05, 3.63) is 34.3 Å². The van der Waals surface area contributed by atoms with Crippen LogP contribution in [0.15, 0.2) is 28.7 Å². The number of rotatable bonds is 1. The fraction of sp³-hybridized carbons (Fsp3) is 0.429. The van der Waals surface area contributed by atoms with Crippen molar-refractivity contribution in [2.24, 2.45) is 11.8 Å². The van der Waals surface area contributed by atoms with E-state index in [2.05, 4.69) is 15.9 Å². The Morgan fingerprint density at radius 1 is 1.11 bits per heavy atom. The van der Waals surface area contributed by atoms with Gasteiger partial charge in [0.2, 0.25) is 0 Å². The van der Waals surface area contributed by atoms with E-state index in [9.17, 15) is 9.59 Å². The highest BCUT2D eigenvalue weighted by molar-refractivity contribution is 9.10. The van der Waals surface area contributed by atoms with E-state index in [0.717, 1.165) is 10.0 Å². The molecular formula is C14H13BrO4. The van der Waals surface area contributed by atoms with Gasteiger partial charge in [0.15, 0.2) is 11.7 Å². The molecule has 0 bridgehead atoms. The molecule has 4 nitrogen and oxygen atoms in total. The van der Waals surface area contributed by atoms with E-state index in [1.807, 2.05) is 24.3 Å². The Labute approximate surface area is 119 Å². The summed E-state index contributed by atoms with van der Waals surface area (Å²) in [6, 6.07) is 7.46. The van der Waals surface area contributed by atoms with Crippen molar-refractivity contribution in [2.45, 2.75) is 25.6 Å². The Bertz CT molecular complexity index is 551. The van der Waals surface area contributed by atoms with Crippen LogP contribution >= 0.6 is 15.9 Å². The van der Waals surface area contributed by atoms with Gasteiger partial charge in [0.25, 0.3) is 0 Å². The average Bonchev–Trinajstić information content (AvgIpc) is 2.78. The predicted octanol–water partition coefficient (Wildman–Crippen LogP) is 2.40. The van der Waals surface area contributed by atoms with Crippen LogP contribution in [0.2, 0.25) is 0 Å². The summed E-state index contributed by atoms with van der Waals surface area (Å²) in [6.07, 6.45) is -0.538. The third kappa shape index (κ3) is 1.57. The van der Waals surface area contributed by atoms with E-state index in [0.29, 0.717) is 0 Å². The first kappa shape index (κ1) is 12.7. The quantitative estimate of drug-likeness (QED) is 0.744. The number of esters is 2. The van der Waals surface area contributed by atoms with Crippen molar-refractivity contribution in [1.29, 1.82) is 0 Å². The Balaban J connectivity index is 2.15. The average molecular weight is 325 g/mol. The highest BCUT2D eigenvalue weighted by Gasteiger charge is 2.66. The van der Waals surface area contributed by atoms with Crippen LogP contribution in [0, 0.1) is 11.8 Å². The molecule has 2 saturated heterocycles. The van der Waals surface area contributed by atoms with Gasteiger partial charge in [0.05, 0.1) is 5.92 Å². The third-order valence-corrected chi connectivity index (χ3v) is 4.58. The molecule has 2 fully saturated rings. The summed E-state index contributed by atoms with van der Waals surface area (Å²) in [4.78, 5) is 23.7. The second kappa shape index (κ2) is 4.07. The van der Waals surface area contributed by atoms with Crippen LogP contribution in [0.4, 0.5) is 0 Å². The summed E-state index contributed by atoms with van der Waals surface area (Å²) in [5.74, 6) is -1.55. The van der Waals surface area contributed by atoms with Crippen LogP contribution < -0.4 is 0 Å². The monoisotopic (exact) mass is 324 g/mol. The van der Waals surface area contributed by atoms with Gasteiger partial charge >= 0.3 is 11.9 Å². The molecule has 2 aliphatic heterocycles. The lowest BCUT2D eigenvalue weighted by molar-refractivity contribution is -0.156. The molecule has 0 radical (unpaired) electrons. The largest absolute Gasteiger partial charge is 0.456 e. The molecule has 5 heteroatoms. The lowest BCUT2D eigenvalue weighted by Gasteiger charge is -2.29. The summed E-state index contributed by atoms with van der Waals surface area (Å²) < 4.78 is 11.9. The van der Waals surface area contributed by atoms with Gasteiger partial charge in [0.1, 0.15) is 5.92 Å². The van der Waals surface area contributed by atoms with Gasteiger partial charge in [0, 0.05) is 10.0 Å². The molecule has 0 N–H and O–H groups in total. The molecule has 2 heterocycles. The summed E-state index contributed by atoms with van der Waals surface area (Å²) >= 11 is 3.37. The van der Waals surface area contributed by atoms with Crippen molar-refractivity contribution >= 4 is 27.9 Å². The molecule has 4 atom stereocenters. The molecule has 0 aromatic heterocycles. The predicted molar refractivity (Wildman–Crippen MR) is 70.1 cm³/mol. The van der Waals surface area contributed by atoms with E-state index >= 15 is 0 Å². The molecule has 3 rings (SSSR count). The molecule has 4 unspecified atom stereocenters. The third-order valence-electron chi connectivity index (χ3n) is 4.05. The number of hydrogen-bond donors (Lipinski definition) is 0. The first-order valence-corrected chi connectivity index (χ1v) is 6.95. The maximum absolute atomic E-state index is 11.9. The standard InChI is InChI=1S/C14H13BrO4/c1-7-11-14(19-12(7)16,8(2)13(17)18-11)9-3-5-10(15)6-4-9/h3-8,11H,1-2H3. The zero-order valence-corrected chi connectivity index (χ0v) is 12.1. The molecule has 2 aliphatic rings. The van der Waals surface area contributed by atoms with Crippen LogP contribution in [0.1, 0.15) is 19.4 Å².